The minimum Gasteiger partial charge on any atom is -0.467 e. The van der Waals surface area contributed by atoms with Crippen LogP contribution in [0.3, 0.4) is 0 Å². The van der Waals surface area contributed by atoms with E-state index in [1.54, 1.807) is 11.9 Å². The molecule has 0 bridgehead atoms. The van der Waals surface area contributed by atoms with Crippen molar-refractivity contribution in [2.24, 2.45) is 5.92 Å². The summed E-state index contributed by atoms with van der Waals surface area (Å²) in [5, 5.41) is 5.52. The van der Waals surface area contributed by atoms with Crippen LogP contribution in [0.5, 0.6) is 0 Å². The maximum atomic E-state index is 12.1. The molecule has 0 aromatic carbocycles. The molecule has 0 heterocycles. The van der Waals surface area contributed by atoms with Crippen LogP contribution in [0.2, 0.25) is 0 Å². The fraction of sp³-hybridized carbons (Fsp3) is 0.812. The Balaban J connectivity index is 4.50. The third-order valence-electron chi connectivity index (χ3n) is 3.33. The van der Waals surface area contributed by atoms with Gasteiger partial charge in [-0.2, -0.15) is 0 Å². The molecule has 0 fully saturated rings. The molecular formula is C16H31N3O4. The summed E-state index contributed by atoms with van der Waals surface area (Å²) in [7, 11) is 2.98. The highest BCUT2D eigenvalue weighted by Crippen LogP contribution is 2.09. The second kappa shape index (κ2) is 9.50. The zero-order valence-electron chi connectivity index (χ0n) is 15.4. The van der Waals surface area contributed by atoms with E-state index in [0.717, 1.165) is 6.42 Å². The van der Waals surface area contributed by atoms with Gasteiger partial charge in [0.05, 0.1) is 20.2 Å². The lowest BCUT2D eigenvalue weighted by Gasteiger charge is -2.25. The van der Waals surface area contributed by atoms with E-state index in [0.29, 0.717) is 0 Å². The van der Waals surface area contributed by atoms with Gasteiger partial charge in [0.2, 0.25) is 11.8 Å². The third-order valence-corrected chi connectivity index (χ3v) is 3.33. The Hall–Kier alpha value is -1.63. The molecule has 0 rings (SSSR count). The molecule has 2 atom stereocenters. The van der Waals surface area contributed by atoms with E-state index < -0.39 is 12.0 Å². The van der Waals surface area contributed by atoms with Gasteiger partial charge in [-0.25, -0.2) is 4.79 Å². The molecule has 0 unspecified atom stereocenters. The average molecular weight is 329 g/mol. The van der Waals surface area contributed by atoms with Gasteiger partial charge in [-0.3, -0.25) is 14.5 Å². The second-order valence-corrected chi connectivity index (χ2v) is 6.92. The Bertz CT molecular complexity index is 418. The van der Waals surface area contributed by atoms with Crippen LogP contribution in [0.15, 0.2) is 0 Å². The maximum absolute atomic E-state index is 12.1. The maximum Gasteiger partial charge on any atom is 0.328 e. The Morgan fingerprint density at radius 1 is 1.13 bits per heavy atom. The molecule has 0 aliphatic carbocycles. The van der Waals surface area contributed by atoms with E-state index in [9.17, 15) is 14.4 Å². The highest BCUT2D eigenvalue weighted by molar-refractivity contribution is 5.86. The van der Waals surface area contributed by atoms with E-state index in [2.05, 4.69) is 10.6 Å². The number of hydrogen-bond donors (Lipinski definition) is 2. The summed E-state index contributed by atoms with van der Waals surface area (Å²) < 4.78 is 4.73. The standard InChI is InChI=1S/C16H31N3O4/c1-8-11(2)14(15(22)23-7)17-12(20)9-19(6)10-13(21)18-16(3,4)5/h11,14H,8-10H2,1-7H3,(H,17,20)(H,18,21)/t11-,14-/m0/s1. The summed E-state index contributed by atoms with van der Waals surface area (Å²) in [5.41, 5.74) is -0.313. The van der Waals surface area contributed by atoms with Gasteiger partial charge in [0.25, 0.3) is 0 Å². The number of methoxy groups -OCH3 is 1. The van der Waals surface area contributed by atoms with Crippen molar-refractivity contribution in [3.63, 3.8) is 0 Å². The molecule has 2 amide bonds. The van der Waals surface area contributed by atoms with Crippen LogP contribution in [-0.4, -0.2) is 61.5 Å². The normalized spacial score (nSPS) is 14.1. The number of nitrogens with one attached hydrogen (secondary N) is 2. The predicted molar refractivity (Wildman–Crippen MR) is 88.8 cm³/mol. The summed E-state index contributed by atoms with van der Waals surface area (Å²) in [4.78, 5) is 37.3. The van der Waals surface area contributed by atoms with E-state index >= 15 is 0 Å². The van der Waals surface area contributed by atoms with Crippen molar-refractivity contribution in [1.29, 1.82) is 0 Å². The summed E-state index contributed by atoms with van der Waals surface area (Å²) in [5.74, 6) is -0.951. The first-order valence-electron chi connectivity index (χ1n) is 7.86. The molecule has 0 spiro atoms. The number of carbonyl (C=O) groups is 3. The van der Waals surface area contributed by atoms with Crippen molar-refractivity contribution < 1.29 is 19.1 Å². The fourth-order valence-electron chi connectivity index (χ4n) is 2.02. The first-order chi connectivity index (χ1) is 10.5. The van der Waals surface area contributed by atoms with Crippen molar-refractivity contribution in [1.82, 2.24) is 15.5 Å². The number of nitrogens with zero attached hydrogens (tertiary/aromatic N) is 1. The summed E-state index contributed by atoms with van der Waals surface area (Å²) in [6.45, 7) is 9.64. The Labute approximate surface area is 139 Å². The number of rotatable bonds is 8. The number of ether oxygens (including phenoxy) is 1. The lowest BCUT2D eigenvalue weighted by Crippen LogP contribution is -2.50. The van der Waals surface area contributed by atoms with Gasteiger partial charge in [-0.05, 0) is 33.7 Å². The Morgan fingerprint density at radius 2 is 1.65 bits per heavy atom. The number of esters is 1. The number of carbonyl (C=O) groups excluding carboxylic acids is 3. The first kappa shape index (κ1) is 21.4. The molecule has 0 radical (unpaired) electrons. The molecule has 23 heavy (non-hydrogen) atoms. The van der Waals surface area contributed by atoms with Crippen LogP contribution in [0.25, 0.3) is 0 Å². The third kappa shape index (κ3) is 9.18. The summed E-state index contributed by atoms with van der Waals surface area (Å²) in [6.07, 6.45) is 0.740. The monoisotopic (exact) mass is 329 g/mol. The van der Waals surface area contributed by atoms with Gasteiger partial charge in [0.15, 0.2) is 0 Å². The van der Waals surface area contributed by atoms with Crippen molar-refractivity contribution in [2.45, 2.75) is 52.6 Å². The van der Waals surface area contributed by atoms with Crippen molar-refractivity contribution >= 4 is 17.8 Å². The van der Waals surface area contributed by atoms with Gasteiger partial charge < -0.3 is 15.4 Å². The number of amides is 2. The predicted octanol–water partition coefficient (Wildman–Crippen LogP) is 0.537. The molecule has 0 aliphatic rings. The molecule has 0 aliphatic heterocycles. The molecular weight excluding hydrogens is 298 g/mol. The largest absolute Gasteiger partial charge is 0.467 e. The van der Waals surface area contributed by atoms with Gasteiger partial charge in [0, 0.05) is 5.54 Å². The van der Waals surface area contributed by atoms with Gasteiger partial charge in [0.1, 0.15) is 6.04 Å². The molecule has 0 aromatic rings. The Kier molecular flexibility index (Phi) is 8.82. The zero-order chi connectivity index (χ0) is 18.2. The molecule has 0 aromatic heterocycles. The van der Waals surface area contributed by atoms with Crippen LogP contribution in [0.1, 0.15) is 41.0 Å². The number of hydrogen-bond acceptors (Lipinski definition) is 5. The fourth-order valence-corrected chi connectivity index (χ4v) is 2.02. The first-order valence-corrected chi connectivity index (χ1v) is 7.86. The van der Waals surface area contributed by atoms with E-state index in [1.165, 1.54) is 7.11 Å². The van der Waals surface area contributed by atoms with Crippen LogP contribution in [0.4, 0.5) is 0 Å². The van der Waals surface area contributed by atoms with Crippen LogP contribution in [-0.2, 0) is 19.1 Å². The van der Waals surface area contributed by atoms with Gasteiger partial charge >= 0.3 is 5.97 Å². The summed E-state index contributed by atoms with van der Waals surface area (Å²) >= 11 is 0. The van der Waals surface area contributed by atoms with E-state index in [-0.39, 0.29) is 36.4 Å². The second-order valence-electron chi connectivity index (χ2n) is 6.92. The van der Waals surface area contributed by atoms with Crippen LogP contribution >= 0.6 is 0 Å². The molecule has 7 heteroatoms. The average Bonchev–Trinajstić information content (AvgIpc) is 2.40. The van der Waals surface area contributed by atoms with Crippen molar-refractivity contribution in [3.8, 4) is 0 Å². The lowest BCUT2D eigenvalue weighted by molar-refractivity contribution is -0.146. The van der Waals surface area contributed by atoms with E-state index in [4.69, 9.17) is 4.74 Å². The highest BCUT2D eigenvalue weighted by atomic mass is 16.5. The lowest BCUT2D eigenvalue weighted by atomic mass is 9.99. The van der Waals surface area contributed by atoms with Gasteiger partial charge in [-0.15, -0.1) is 0 Å². The topological polar surface area (TPSA) is 87.7 Å². The molecule has 0 saturated heterocycles. The smallest absolute Gasteiger partial charge is 0.328 e. The molecule has 0 saturated carbocycles. The quantitative estimate of drug-likeness (QED) is 0.635. The molecule has 7 nitrogen and oxygen atoms in total. The zero-order valence-corrected chi connectivity index (χ0v) is 15.4. The molecule has 2 N–H and O–H groups in total. The molecule has 134 valence electrons. The highest BCUT2D eigenvalue weighted by Gasteiger charge is 2.27. The van der Waals surface area contributed by atoms with Crippen molar-refractivity contribution in [3.05, 3.63) is 0 Å². The Morgan fingerprint density at radius 3 is 2.09 bits per heavy atom. The SMILES string of the molecule is CC[C@H](C)[C@H](NC(=O)CN(C)CC(=O)NC(C)(C)C)C(=O)OC. The van der Waals surface area contributed by atoms with Crippen LogP contribution < -0.4 is 10.6 Å². The minimum atomic E-state index is -0.672. The van der Waals surface area contributed by atoms with Crippen LogP contribution in [0, 0.1) is 5.92 Å². The minimum absolute atomic E-state index is 0.0269. The number of likely N-dealkylation sites (N-methyl/N-ethyl adjacent to an activating group) is 1. The van der Waals surface area contributed by atoms with E-state index in [1.807, 2.05) is 34.6 Å². The van der Waals surface area contributed by atoms with Gasteiger partial charge in [-0.1, -0.05) is 20.3 Å². The summed E-state index contributed by atoms with van der Waals surface area (Å²) in [6, 6.07) is -0.672. The van der Waals surface area contributed by atoms with Crippen molar-refractivity contribution in [2.75, 3.05) is 27.2 Å².